The highest BCUT2D eigenvalue weighted by Crippen LogP contribution is 2.41. The molecule has 0 spiro atoms. The Morgan fingerprint density at radius 3 is 2.24 bits per heavy atom. The molecule has 0 atom stereocenters. The van der Waals surface area contributed by atoms with Crippen molar-refractivity contribution in [2.75, 3.05) is 14.1 Å². The van der Waals surface area contributed by atoms with Crippen LogP contribution in [0.2, 0.25) is 0 Å². The van der Waals surface area contributed by atoms with E-state index in [-0.39, 0.29) is 17.2 Å². The second-order valence-corrected chi connectivity index (χ2v) is 6.76. The predicted octanol–water partition coefficient (Wildman–Crippen LogP) is 5.08. The number of carboxylic acids is 1. The molecule has 0 aliphatic heterocycles. The van der Waals surface area contributed by atoms with E-state index in [1.165, 1.54) is 0 Å². The van der Waals surface area contributed by atoms with E-state index in [2.05, 4.69) is 9.98 Å². The lowest BCUT2D eigenvalue weighted by molar-refractivity contribution is 0.0666. The third-order valence-corrected chi connectivity index (χ3v) is 4.40. The third kappa shape index (κ3) is 3.60. The summed E-state index contributed by atoms with van der Waals surface area (Å²) in [4.78, 5) is 22.6. The van der Waals surface area contributed by atoms with Gasteiger partial charge in [-0.05, 0) is 17.2 Å². The number of hydrogen-bond donors (Lipinski definition) is 1. The molecule has 0 unspecified atom stereocenters. The Morgan fingerprint density at radius 2 is 1.66 bits per heavy atom. The van der Waals surface area contributed by atoms with Crippen LogP contribution in [0.1, 0.15) is 10.6 Å². The van der Waals surface area contributed by atoms with Crippen LogP contribution in [-0.2, 0) is 0 Å². The summed E-state index contributed by atoms with van der Waals surface area (Å²) in [6.45, 7) is 0. The molecular formula is C23H19N3O3. The fourth-order valence-corrected chi connectivity index (χ4v) is 3.13. The van der Waals surface area contributed by atoms with Gasteiger partial charge in [0.05, 0.1) is 17.4 Å². The van der Waals surface area contributed by atoms with Gasteiger partial charge in [-0.15, -0.1) is 0 Å². The van der Waals surface area contributed by atoms with Gasteiger partial charge in [0, 0.05) is 19.7 Å². The van der Waals surface area contributed by atoms with Gasteiger partial charge in [0.2, 0.25) is 11.5 Å². The van der Waals surface area contributed by atoms with E-state index in [0.717, 1.165) is 16.7 Å². The third-order valence-electron chi connectivity index (χ3n) is 4.40. The van der Waals surface area contributed by atoms with E-state index in [9.17, 15) is 9.90 Å². The van der Waals surface area contributed by atoms with E-state index in [1.807, 2.05) is 80.8 Å². The van der Waals surface area contributed by atoms with Gasteiger partial charge in [0.15, 0.2) is 0 Å². The minimum Gasteiger partial charge on any atom is -0.475 e. The van der Waals surface area contributed by atoms with Crippen molar-refractivity contribution < 1.29 is 14.3 Å². The lowest BCUT2D eigenvalue weighted by Gasteiger charge is -2.08. The Balaban J connectivity index is 2.08. The lowest BCUT2D eigenvalue weighted by atomic mass is 9.99. The molecule has 0 bridgehead atoms. The number of aromatic nitrogens is 1. The molecule has 29 heavy (non-hydrogen) atoms. The molecule has 0 aliphatic carbocycles. The lowest BCUT2D eigenvalue weighted by Crippen LogP contribution is -2.07. The standard InChI is InChI=1S/C23H19N3O3/c1-26(2)14-24-20-19-17(15-9-5-3-6-10-15)13-18(16-11-7-4-8-12-16)25-22(19)29-21(20)23(27)28/h3-14H,1-2H3,(H,27,28). The van der Waals surface area contributed by atoms with Crippen LogP contribution in [-0.4, -0.2) is 41.4 Å². The highest BCUT2D eigenvalue weighted by molar-refractivity contribution is 6.09. The molecule has 4 aromatic rings. The van der Waals surface area contributed by atoms with Gasteiger partial charge in [-0.3, -0.25) is 0 Å². The summed E-state index contributed by atoms with van der Waals surface area (Å²) in [7, 11) is 3.63. The minimum absolute atomic E-state index is 0.229. The molecular weight excluding hydrogens is 366 g/mol. The van der Waals surface area contributed by atoms with Gasteiger partial charge in [0.25, 0.3) is 0 Å². The SMILES string of the molecule is CN(C)C=Nc1c(C(=O)O)oc2nc(-c3ccccc3)cc(-c3ccccc3)c12. The van der Waals surface area contributed by atoms with Gasteiger partial charge in [-0.25, -0.2) is 14.8 Å². The zero-order chi connectivity index (χ0) is 20.4. The number of carboxylic acid groups (broad SMARTS) is 1. The molecule has 1 N–H and O–H groups in total. The monoisotopic (exact) mass is 385 g/mol. The molecule has 0 saturated carbocycles. The summed E-state index contributed by atoms with van der Waals surface area (Å²) >= 11 is 0. The zero-order valence-corrected chi connectivity index (χ0v) is 16.0. The van der Waals surface area contributed by atoms with Crippen LogP contribution in [0.15, 0.2) is 76.1 Å². The van der Waals surface area contributed by atoms with Gasteiger partial charge in [-0.1, -0.05) is 60.7 Å². The van der Waals surface area contributed by atoms with Crippen molar-refractivity contribution in [3.8, 4) is 22.4 Å². The fourth-order valence-electron chi connectivity index (χ4n) is 3.13. The number of carbonyl (C=O) groups is 1. The number of furan rings is 1. The van der Waals surface area contributed by atoms with E-state index in [0.29, 0.717) is 11.1 Å². The maximum absolute atomic E-state index is 11.8. The molecule has 0 aliphatic rings. The number of fused-ring (bicyclic) bond motifs is 1. The predicted molar refractivity (Wildman–Crippen MR) is 114 cm³/mol. The second kappa shape index (κ2) is 7.59. The Kier molecular flexibility index (Phi) is 4.83. The summed E-state index contributed by atoms with van der Waals surface area (Å²) in [5.74, 6) is -1.41. The molecule has 2 heterocycles. The van der Waals surface area contributed by atoms with Crippen molar-refractivity contribution in [2.24, 2.45) is 4.99 Å². The Hall–Kier alpha value is -3.93. The average molecular weight is 385 g/mol. The van der Waals surface area contributed by atoms with Crippen molar-refractivity contribution in [2.45, 2.75) is 0 Å². The molecule has 6 heteroatoms. The number of hydrogen-bond acceptors (Lipinski definition) is 4. The van der Waals surface area contributed by atoms with E-state index < -0.39 is 5.97 Å². The number of pyridine rings is 1. The van der Waals surface area contributed by atoms with Crippen LogP contribution in [0, 0.1) is 0 Å². The summed E-state index contributed by atoms with van der Waals surface area (Å²) in [6, 6.07) is 21.4. The van der Waals surface area contributed by atoms with Crippen LogP contribution in [0.25, 0.3) is 33.5 Å². The van der Waals surface area contributed by atoms with Crippen LogP contribution >= 0.6 is 0 Å². The minimum atomic E-state index is -1.19. The quantitative estimate of drug-likeness (QED) is 0.383. The molecule has 2 aromatic carbocycles. The highest BCUT2D eigenvalue weighted by atomic mass is 16.4. The van der Waals surface area contributed by atoms with Crippen LogP contribution < -0.4 is 0 Å². The molecule has 2 aromatic heterocycles. The smallest absolute Gasteiger partial charge is 0.374 e. The molecule has 144 valence electrons. The molecule has 6 nitrogen and oxygen atoms in total. The summed E-state index contributed by atoms with van der Waals surface area (Å²) < 4.78 is 5.67. The number of nitrogens with zero attached hydrogens (tertiary/aromatic N) is 3. The first kappa shape index (κ1) is 18.4. The van der Waals surface area contributed by atoms with Crippen LogP contribution in [0.3, 0.4) is 0 Å². The molecule has 0 radical (unpaired) electrons. The Labute approximate surface area is 167 Å². The molecule has 4 rings (SSSR count). The molecule has 0 saturated heterocycles. The highest BCUT2D eigenvalue weighted by Gasteiger charge is 2.24. The van der Waals surface area contributed by atoms with Gasteiger partial charge < -0.3 is 14.4 Å². The first-order valence-corrected chi connectivity index (χ1v) is 9.07. The molecule has 0 fully saturated rings. The van der Waals surface area contributed by atoms with Gasteiger partial charge in [0.1, 0.15) is 5.69 Å². The second-order valence-electron chi connectivity index (χ2n) is 6.76. The fraction of sp³-hybridized carbons (Fsp3) is 0.0870. The largest absolute Gasteiger partial charge is 0.475 e. The zero-order valence-electron chi connectivity index (χ0n) is 16.0. The topological polar surface area (TPSA) is 78.9 Å². The first-order chi connectivity index (χ1) is 14.0. The number of rotatable bonds is 5. The number of aliphatic imine (C=N–C) groups is 1. The van der Waals surface area contributed by atoms with Crippen molar-refractivity contribution in [1.29, 1.82) is 0 Å². The number of benzene rings is 2. The van der Waals surface area contributed by atoms with Crippen LogP contribution in [0.4, 0.5) is 5.69 Å². The van der Waals surface area contributed by atoms with Gasteiger partial charge >= 0.3 is 5.97 Å². The maximum Gasteiger partial charge on any atom is 0.374 e. The number of aromatic carboxylic acids is 1. The Morgan fingerprint density at radius 1 is 1.03 bits per heavy atom. The van der Waals surface area contributed by atoms with Crippen molar-refractivity contribution in [1.82, 2.24) is 9.88 Å². The van der Waals surface area contributed by atoms with Crippen molar-refractivity contribution in [3.63, 3.8) is 0 Å². The van der Waals surface area contributed by atoms with Gasteiger partial charge in [-0.2, -0.15) is 0 Å². The van der Waals surface area contributed by atoms with Crippen LogP contribution in [0.5, 0.6) is 0 Å². The Bertz CT molecular complexity index is 1200. The summed E-state index contributed by atoms with van der Waals surface area (Å²) in [6.07, 6.45) is 1.55. The average Bonchev–Trinajstić information content (AvgIpc) is 3.12. The van der Waals surface area contributed by atoms with E-state index in [4.69, 9.17) is 4.42 Å². The van der Waals surface area contributed by atoms with E-state index >= 15 is 0 Å². The summed E-state index contributed by atoms with van der Waals surface area (Å²) in [5.41, 5.74) is 3.86. The first-order valence-electron chi connectivity index (χ1n) is 9.07. The van der Waals surface area contributed by atoms with E-state index in [1.54, 1.807) is 11.2 Å². The normalized spacial score (nSPS) is 11.2. The van der Waals surface area contributed by atoms with Crippen molar-refractivity contribution >= 4 is 29.1 Å². The molecule has 0 amide bonds. The van der Waals surface area contributed by atoms with Crippen molar-refractivity contribution in [3.05, 3.63) is 72.5 Å². The maximum atomic E-state index is 11.8. The summed E-state index contributed by atoms with van der Waals surface area (Å²) in [5, 5.41) is 10.2.